The fraction of sp³-hybridized carbons (Fsp3) is 0.538. The van der Waals surface area contributed by atoms with Crippen molar-refractivity contribution in [2.24, 2.45) is 0 Å². The Morgan fingerprint density at radius 3 is 2.76 bits per heavy atom. The Labute approximate surface area is 116 Å². The molecule has 0 spiro atoms. The van der Waals surface area contributed by atoms with Crippen LogP contribution in [0, 0.1) is 0 Å². The number of hydrogen-bond donors (Lipinski definition) is 1. The maximum absolute atomic E-state index is 6.05. The van der Waals surface area contributed by atoms with Crippen LogP contribution in [0.3, 0.4) is 0 Å². The van der Waals surface area contributed by atoms with Crippen LogP contribution in [0.1, 0.15) is 18.4 Å². The third kappa shape index (κ3) is 4.25. The first kappa shape index (κ1) is 13.3. The lowest BCUT2D eigenvalue weighted by molar-refractivity contribution is 0.335. The Morgan fingerprint density at radius 2 is 2.06 bits per heavy atom. The third-order valence-electron chi connectivity index (χ3n) is 3.12. The van der Waals surface area contributed by atoms with Gasteiger partial charge in [0, 0.05) is 24.1 Å². The van der Waals surface area contributed by atoms with E-state index in [2.05, 4.69) is 32.2 Å². The molecule has 1 saturated heterocycles. The maximum Gasteiger partial charge on any atom is 0.0551 e. The standard InChI is InChI=1S/C13H18BrClN2/c14-12-4-3-11(9-13(12)15)10-16-5-8-17-6-1-2-7-17/h3-4,9,16H,1-2,5-8,10H2. The molecule has 17 heavy (non-hydrogen) atoms. The average Bonchev–Trinajstić information content (AvgIpc) is 2.82. The number of nitrogens with zero attached hydrogens (tertiary/aromatic N) is 1. The highest BCUT2D eigenvalue weighted by Gasteiger charge is 2.09. The van der Waals surface area contributed by atoms with Gasteiger partial charge in [0.05, 0.1) is 5.02 Å². The van der Waals surface area contributed by atoms with Crippen LogP contribution in [0.5, 0.6) is 0 Å². The van der Waals surface area contributed by atoms with Gasteiger partial charge in [-0.2, -0.15) is 0 Å². The minimum Gasteiger partial charge on any atom is -0.311 e. The molecule has 0 aliphatic carbocycles. The number of rotatable bonds is 5. The van der Waals surface area contributed by atoms with Crippen LogP contribution in [0.15, 0.2) is 22.7 Å². The highest BCUT2D eigenvalue weighted by Crippen LogP contribution is 2.22. The van der Waals surface area contributed by atoms with Gasteiger partial charge in [-0.15, -0.1) is 0 Å². The number of likely N-dealkylation sites (tertiary alicyclic amines) is 1. The Kier molecular flexibility index (Phi) is 5.29. The van der Waals surface area contributed by atoms with Crippen molar-refractivity contribution in [2.75, 3.05) is 26.2 Å². The van der Waals surface area contributed by atoms with Gasteiger partial charge in [-0.3, -0.25) is 0 Å². The quantitative estimate of drug-likeness (QED) is 0.838. The van der Waals surface area contributed by atoms with Gasteiger partial charge >= 0.3 is 0 Å². The highest BCUT2D eigenvalue weighted by atomic mass is 79.9. The van der Waals surface area contributed by atoms with Crippen LogP contribution in [0.4, 0.5) is 0 Å². The maximum atomic E-state index is 6.05. The van der Waals surface area contributed by atoms with Crippen molar-refractivity contribution in [3.63, 3.8) is 0 Å². The number of nitrogens with one attached hydrogen (secondary N) is 1. The van der Waals surface area contributed by atoms with Crippen LogP contribution in [0.2, 0.25) is 5.02 Å². The summed E-state index contributed by atoms with van der Waals surface area (Å²) >= 11 is 9.44. The number of hydrogen-bond acceptors (Lipinski definition) is 2. The van der Waals surface area contributed by atoms with E-state index in [1.807, 2.05) is 12.1 Å². The molecule has 1 N–H and O–H groups in total. The lowest BCUT2D eigenvalue weighted by Gasteiger charge is -2.14. The van der Waals surface area contributed by atoms with Crippen molar-refractivity contribution in [3.8, 4) is 0 Å². The minimum atomic E-state index is 0.781. The molecule has 0 saturated carbocycles. The Morgan fingerprint density at radius 1 is 1.29 bits per heavy atom. The van der Waals surface area contributed by atoms with E-state index < -0.39 is 0 Å². The SMILES string of the molecule is Clc1cc(CNCCN2CCCC2)ccc1Br. The summed E-state index contributed by atoms with van der Waals surface area (Å²) in [6, 6.07) is 6.10. The predicted molar refractivity (Wildman–Crippen MR) is 76.5 cm³/mol. The molecule has 0 amide bonds. The van der Waals surface area contributed by atoms with Crippen LogP contribution < -0.4 is 5.32 Å². The van der Waals surface area contributed by atoms with E-state index in [-0.39, 0.29) is 0 Å². The van der Waals surface area contributed by atoms with Crippen molar-refractivity contribution in [2.45, 2.75) is 19.4 Å². The van der Waals surface area contributed by atoms with Gasteiger partial charge in [0.15, 0.2) is 0 Å². The molecule has 94 valence electrons. The zero-order chi connectivity index (χ0) is 12.1. The average molecular weight is 318 g/mol. The Balaban J connectivity index is 1.68. The van der Waals surface area contributed by atoms with Crippen molar-refractivity contribution in [1.29, 1.82) is 0 Å². The molecule has 2 rings (SSSR count). The first-order chi connectivity index (χ1) is 8.25. The number of benzene rings is 1. The van der Waals surface area contributed by atoms with Crippen molar-refractivity contribution < 1.29 is 0 Å². The second-order valence-corrected chi connectivity index (χ2v) is 5.74. The molecule has 1 aromatic carbocycles. The fourth-order valence-corrected chi connectivity index (χ4v) is 2.58. The topological polar surface area (TPSA) is 15.3 Å². The van der Waals surface area contributed by atoms with E-state index in [9.17, 15) is 0 Å². The zero-order valence-corrected chi connectivity index (χ0v) is 12.2. The van der Waals surface area contributed by atoms with Gasteiger partial charge in [-0.05, 0) is 59.6 Å². The van der Waals surface area contributed by atoms with Crippen LogP contribution in [-0.2, 0) is 6.54 Å². The molecule has 0 radical (unpaired) electrons. The van der Waals surface area contributed by atoms with E-state index in [0.717, 1.165) is 29.1 Å². The molecule has 0 atom stereocenters. The molecule has 0 unspecified atom stereocenters. The highest BCUT2D eigenvalue weighted by molar-refractivity contribution is 9.10. The summed E-state index contributed by atoms with van der Waals surface area (Å²) in [5.41, 5.74) is 1.24. The molecule has 1 aliphatic heterocycles. The summed E-state index contributed by atoms with van der Waals surface area (Å²) in [6.45, 7) is 5.64. The molecule has 1 fully saturated rings. The van der Waals surface area contributed by atoms with Crippen LogP contribution >= 0.6 is 27.5 Å². The van der Waals surface area contributed by atoms with Crippen LogP contribution in [-0.4, -0.2) is 31.1 Å². The summed E-state index contributed by atoms with van der Waals surface area (Å²) in [5, 5.41) is 4.24. The monoisotopic (exact) mass is 316 g/mol. The van der Waals surface area contributed by atoms with E-state index in [1.165, 1.54) is 31.5 Å². The smallest absolute Gasteiger partial charge is 0.0551 e. The minimum absolute atomic E-state index is 0.781. The summed E-state index contributed by atoms with van der Waals surface area (Å²) in [4.78, 5) is 2.52. The lowest BCUT2D eigenvalue weighted by Crippen LogP contribution is -2.29. The molecule has 0 bridgehead atoms. The largest absolute Gasteiger partial charge is 0.311 e. The van der Waals surface area contributed by atoms with Crippen molar-refractivity contribution in [1.82, 2.24) is 10.2 Å². The molecular weight excluding hydrogens is 300 g/mol. The second-order valence-electron chi connectivity index (χ2n) is 4.47. The van der Waals surface area contributed by atoms with Crippen LogP contribution in [0.25, 0.3) is 0 Å². The lowest BCUT2D eigenvalue weighted by atomic mass is 10.2. The zero-order valence-electron chi connectivity index (χ0n) is 9.88. The van der Waals surface area contributed by atoms with Crippen molar-refractivity contribution >= 4 is 27.5 Å². The molecular formula is C13H18BrClN2. The molecule has 4 heteroatoms. The van der Waals surface area contributed by atoms with Gasteiger partial charge < -0.3 is 10.2 Å². The second kappa shape index (κ2) is 6.74. The molecule has 1 heterocycles. The Hall–Kier alpha value is -0.0900. The summed E-state index contributed by atoms with van der Waals surface area (Å²) in [6.07, 6.45) is 2.73. The first-order valence-corrected chi connectivity index (χ1v) is 7.30. The Bertz CT molecular complexity index is 364. The summed E-state index contributed by atoms with van der Waals surface area (Å²) < 4.78 is 0.958. The van der Waals surface area contributed by atoms with E-state index >= 15 is 0 Å². The molecule has 1 aliphatic rings. The van der Waals surface area contributed by atoms with Gasteiger partial charge in [0.1, 0.15) is 0 Å². The summed E-state index contributed by atoms with van der Waals surface area (Å²) in [7, 11) is 0. The fourth-order valence-electron chi connectivity index (χ4n) is 2.13. The van der Waals surface area contributed by atoms with E-state index in [1.54, 1.807) is 0 Å². The summed E-state index contributed by atoms with van der Waals surface area (Å²) in [5.74, 6) is 0. The molecule has 0 aromatic heterocycles. The predicted octanol–water partition coefficient (Wildman–Crippen LogP) is 3.29. The van der Waals surface area contributed by atoms with Gasteiger partial charge in [-0.1, -0.05) is 17.7 Å². The molecule has 2 nitrogen and oxygen atoms in total. The van der Waals surface area contributed by atoms with Gasteiger partial charge in [-0.25, -0.2) is 0 Å². The van der Waals surface area contributed by atoms with Crippen molar-refractivity contribution in [3.05, 3.63) is 33.3 Å². The first-order valence-electron chi connectivity index (χ1n) is 6.13. The van der Waals surface area contributed by atoms with Gasteiger partial charge in [0.2, 0.25) is 0 Å². The normalized spacial score (nSPS) is 16.6. The molecule has 1 aromatic rings. The van der Waals surface area contributed by atoms with E-state index in [4.69, 9.17) is 11.6 Å². The van der Waals surface area contributed by atoms with Gasteiger partial charge in [0.25, 0.3) is 0 Å². The van der Waals surface area contributed by atoms with E-state index in [0.29, 0.717) is 0 Å². The number of halogens is 2. The third-order valence-corrected chi connectivity index (χ3v) is 4.35.